The maximum absolute atomic E-state index is 13.7. The van der Waals surface area contributed by atoms with E-state index in [-0.39, 0.29) is 26.7 Å². The van der Waals surface area contributed by atoms with Gasteiger partial charge in [0.2, 0.25) is 0 Å². The summed E-state index contributed by atoms with van der Waals surface area (Å²) in [6.07, 6.45) is 1.17. The third-order valence-corrected chi connectivity index (χ3v) is 9.09. The second kappa shape index (κ2) is 14.3. The minimum atomic E-state index is -0.378. The van der Waals surface area contributed by atoms with Gasteiger partial charge in [-0.2, -0.15) is 0 Å². The van der Waals surface area contributed by atoms with E-state index in [2.05, 4.69) is 6.58 Å². The molecule has 0 spiro atoms. The van der Waals surface area contributed by atoms with Crippen molar-refractivity contribution in [3.63, 3.8) is 0 Å². The fraction of sp³-hybridized carbons (Fsp3) is 0.429. The molecule has 30 heavy (non-hydrogen) atoms. The van der Waals surface area contributed by atoms with E-state index < -0.39 is 0 Å². The molecule has 0 atom stereocenters. The molecular weight excluding hydrogens is 508 g/mol. The molecule has 0 bridgehead atoms. The molecule has 0 aliphatic carbocycles. The summed E-state index contributed by atoms with van der Waals surface area (Å²) >= 11 is 9.28. The van der Waals surface area contributed by atoms with E-state index in [4.69, 9.17) is 21.7 Å². The number of thioether (sulfide) groups is 2. The number of nitrogens with zero attached hydrogens (tertiary/aromatic N) is 1. The molecular formula is C21H26FNO3S3Se. The van der Waals surface area contributed by atoms with Gasteiger partial charge in [0, 0.05) is 6.08 Å². The first-order valence-electron chi connectivity index (χ1n) is 9.47. The predicted molar refractivity (Wildman–Crippen MR) is 131 cm³/mol. The van der Waals surface area contributed by atoms with E-state index in [0.29, 0.717) is 13.2 Å². The molecule has 2 aromatic rings. The Labute approximate surface area is 197 Å². The number of aryl methyl sites for hydroxylation is 1. The van der Waals surface area contributed by atoms with Crippen LogP contribution in [-0.4, -0.2) is 68.3 Å². The first-order chi connectivity index (χ1) is 14.5. The third kappa shape index (κ3) is 8.73. The van der Waals surface area contributed by atoms with Crippen LogP contribution in [0.2, 0.25) is 5.32 Å². The Morgan fingerprint density at radius 3 is 2.63 bits per heavy atom. The van der Waals surface area contributed by atoms with E-state index in [1.807, 2.05) is 29.4 Å². The first kappa shape index (κ1) is 25.4. The predicted octanol–water partition coefficient (Wildman–Crippen LogP) is 4.01. The molecule has 1 heterocycles. The molecule has 2 rings (SSSR count). The topological polar surface area (TPSA) is 40.5 Å². The van der Waals surface area contributed by atoms with Gasteiger partial charge in [0.05, 0.1) is 0 Å². The fourth-order valence-electron chi connectivity index (χ4n) is 2.54. The number of rotatable bonds is 14. The zero-order chi connectivity index (χ0) is 21.8. The number of fused-ring (bicyclic) bond motifs is 1. The number of esters is 1. The number of halogens is 1. The number of carbonyl (C=O) groups excluding carboxylic acids is 1. The van der Waals surface area contributed by atoms with Crippen LogP contribution >= 0.6 is 35.7 Å². The molecule has 1 aromatic heterocycles. The van der Waals surface area contributed by atoms with Crippen molar-refractivity contribution in [3.8, 4) is 0 Å². The Balaban J connectivity index is 1.57. The molecule has 164 valence electrons. The summed E-state index contributed by atoms with van der Waals surface area (Å²) in [6, 6.07) is 6.92. The fourth-order valence-corrected chi connectivity index (χ4v) is 7.01. The molecule has 0 radical (unpaired) electrons. The Hall–Kier alpha value is -0.831. The molecule has 1 aromatic carbocycles. The van der Waals surface area contributed by atoms with Gasteiger partial charge in [0.25, 0.3) is 0 Å². The van der Waals surface area contributed by atoms with Gasteiger partial charge in [0.15, 0.2) is 0 Å². The Kier molecular flexibility index (Phi) is 12.1. The van der Waals surface area contributed by atoms with Gasteiger partial charge >= 0.3 is 180 Å². The number of aromatic nitrogens is 1. The normalized spacial score (nSPS) is 11.0. The van der Waals surface area contributed by atoms with Gasteiger partial charge in [-0.05, 0) is 0 Å². The van der Waals surface area contributed by atoms with E-state index >= 15 is 0 Å². The van der Waals surface area contributed by atoms with Crippen molar-refractivity contribution < 1.29 is 18.7 Å². The van der Waals surface area contributed by atoms with E-state index in [9.17, 15) is 9.18 Å². The molecule has 9 heteroatoms. The molecule has 0 saturated heterocycles. The van der Waals surface area contributed by atoms with Crippen molar-refractivity contribution in [2.45, 2.75) is 5.32 Å². The van der Waals surface area contributed by atoms with Crippen molar-refractivity contribution in [1.82, 2.24) is 4.57 Å². The summed E-state index contributed by atoms with van der Waals surface area (Å²) in [5.74, 6) is 3.08. The number of pyridine rings is 1. The average molecular weight is 535 g/mol. The summed E-state index contributed by atoms with van der Waals surface area (Å²) in [6.45, 7) is 5.19. The van der Waals surface area contributed by atoms with Gasteiger partial charge in [-0.1, -0.05) is 6.58 Å². The van der Waals surface area contributed by atoms with E-state index in [1.54, 1.807) is 23.9 Å². The van der Waals surface area contributed by atoms with Gasteiger partial charge in [-0.3, -0.25) is 0 Å². The Morgan fingerprint density at radius 1 is 1.20 bits per heavy atom. The number of ether oxygens (including phenoxy) is 2. The average Bonchev–Trinajstić information content (AvgIpc) is 2.74. The molecule has 0 saturated carbocycles. The van der Waals surface area contributed by atoms with Gasteiger partial charge in [-0.25, -0.2) is 4.79 Å². The van der Waals surface area contributed by atoms with E-state index in [0.717, 1.165) is 50.5 Å². The Morgan fingerprint density at radius 2 is 1.90 bits per heavy atom. The minimum absolute atomic E-state index is 0.209. The number of carbonyl (C=O) groups is 1. The van der Waals surface area contributed by atoms with Crippen LogP contribution < -0.4 is 4.46 Å². The van der Waals surface area contributed by atoms with Crippen molar-refractivity contribution in [2.24, 2.45) is 7.05 Å². The van der Waals surface area contributed by atoms with Crippen LogP contribution in [-0.2, 0) is 21.3 Å². The molecule has 0 aliphatic rings. The zero-order valence-electron chi connectivity index (χ0n) is 16.9. The zero-order valence-corrected chi connectivity index (χ0v) is 21.1. The molecule has 4 nitrogen and oxygen atoms in total. The van der Waals surface area contributed by atoms with Crippen molar-refractivity contribution in [1.29, 1.82) is 0 Å². The van der Waals surface area contributed by atoms with Gasteiger partial charge in [0.1, 0.15) is 0 Å². The van der Waals surface area contributed by atoms with Crippen molar-refractivity contribution >= 4 is 72.0 Å². The molecule has 0 aliphatic heterocycles. The summed E-state index contributed by atoms with van der Waals surface area (Å²) in [4.78, 5) is 10.9. The second-order valence-corrected chi connectivity index (χ2v) is 11.4. The maximum atomic E-state index is 13.7. The number of hydrogen-bond acceptors (Lipinski definition) is 6. The molecule has 0 N–H and O–H groups in total. The van der Waals surface area contributed by atoms with Crippen molar-refractivity contribution in [2.75, 3.05) is 42.8 Å². The van der Waals surface area contributed by atoms with Crippen LogP contribution in [0.1, 0.15) is 0 Å². The van der Waals surface area contributed by atoms with Crippen LogP contribution in [0.15, 0.2) is 36.9 Å². The van der Waals surface area contributed by atoms with Crippen LogP contribution in [0, 0.1) is 10.5 Å². The summed E-state index contributed by atoms with van der Waals surface area (Å²) in [7, 11) is 1.92. The van der Waals surface area contributed by atoms with Crippen LogP contribution in [0.3, 0.4) is 0 Å². The second-order valence-electron chi connectivity index (χ2n) is 6.12. The van der Waals surface area contributed by atoms with Crippen LogP contribution in [0.25, 0.3) is 10.9 Å². The number of hydrogen-bond donors (Lipinski definition) is 0. The van der Waals surface area contributed by atoms with Crippen LogP contribution in [0.5, 0.6) is 0 Å². The van der Waals surface area contributed by atoms with E-state index in [1.165, 1.54) is 16.6 Å². The molecule has 0 unspecified atom stereocenters. The van der Waals surface area contributed by atoms with Gasteiger partial charge < -0.3 is 0 Å². The first-order valence-corrected chi connectivity index (χ1v) is 14.3. The monoisotopic (exact) mass is 535 g/mol. The summed E-state index contributed by atoms with van der Waals surface area (Å²) in [5, 5.41) is 2.04. The van der Waals surface area contributed by atoms with Crippen LogP contribution in [0.4, 0.5) is 4.39 Å². The quantitative estimate of drug-likeness (QED) is 0.120. The van der Waals surface area contributed by atoms with Crippen molar-refractivity contribution in [3.05, 3.63) is 47.4 Å². The van der Waals surface area contributed by atoms with Gasteiger partial charge in [-0.15, -0.1) is 0 Å². The Bertz CT molecular complexity index is 907. The third-order valence-electron chi connectivity index (χ3n) is 4.04. The SMILES string of the molecule is C=CC(=O)OCCSCCOCCSCC[Se]c1cc(=S)n(C)c2ccc(F)cc12. The summed E-state index contributed by atoms with van der Waals surface area (Å²) < 4.78 is 28.1. The standard InChI is InChI=1S/C21H26FNO3S3Se/c1-3-21(24)26-8-11-28-9-6-25-7-10-29-12-13-30-19-15-20(27)23(2)18-5-4-16(22)14-17(18)19/h3-5,14-15H,1,6-13H2,2H3. The number of benzene rings is 1. The molecule has 0 amide bonds. The summed E-state index contributed by atoms with van der Waals surface area (Å²) in [5.41, 5.74) is 0.985. The molecule has 0 fully saturated rings.